The molecule has 0 aromatic carbocycles. The Bertz CT molecular complexity index is 298. The lowest BCUT2D eigenvalue weighted by molar-refractivity contribution is 0.380. The lowest BCUT2D eigenvalue weighted by Gasteiger charge is -2.29. The highest BCUT2D eigenvalue weighted by molar-refractivity contribution is 7.99. The molecule has 5 heteroatoms. The summed E-state index contributed by atoms with van der Waals surface area (Å²) in [5.41, 5.74) is 6.84. The van der Waals surface area contributed by atoms with Crippen molar-refractivity contribution in [3.8, 4) is 6.07 Å². The molecular formula is C9H13N3S2. The Hall–Kier alpha value is -0.730. The molecule has 0 radical (unpaired) electrons. The Morgan fingerprint density at radius 1 is 1.50 bits per heavy atom. The zero-order valence-corrected chi connectivity index (χ0v) is 9.75. The molecule has 1 aliphatic rings. The van der Waals surface area contributed by atoms with Gasteiger partial charge in [0, 0.05) is 30.3 Å². The maximum absolute atomic E-state index is 8.89. The minimum Gasteiger partial charge on any atom is -0.389 e. The van der Waals surface area contributed by atoms with Gasteiger partial charge >= 0.3 is 0 Å². The highest BCUT2D eigenvalue weighted by Crippen LogP contribution is 2.16. The number of nitrogens with zero attached hydrogens (tertiary/aromatic N) is 2. The van der Waals surface area contributed by atoms with Crippen LogP contribution in [0.3, 0.4) is 0 Å². The van der Waals surface area contributed by atoms with Crippen LogP contribution in [0.25, 0.3) is 0 Å². The molecule has 14 heavy (non-hydrogen) atoms. The van der Waals surface area contributed by atoms with Crippen molar-refractivity contribution in [1.82, 2.24) is 4.90 Å². The average Bonchev–Trinajstić information content (AvgIpc) is 2.19. The maximum atomic E-state index is 8.89. The van der Waals surface area contributed by atoms with Gasteiger partial charge < -0.3 is 10.6 Å². The Labute approximate surface area is 93.9 Å². The van der Waals surface area contributed by atoms with Crippen LogP contribution in [0.15, 0.2) is 11.3 Å². The van der Waals surface area contributed by atoms with Crippen molar-refractivity contribution >= 4 is 29.0 Å². The zero-order chi connectivity index (χ0) is 10.6. The van der Waals surface area contributed by atoms with E-state index in [0.29, 0.717) is 5.57 Å². The van der Waals surface area contributed by atoms with Gasteiger partial charge in [0.1, 0.15) is 16.6 Å². The second-order valence-corrected chi connectivity index (χ2v) is 4.70. The second-order valence-electron chi connectivity index (χ2n) is 3.04. The van der Waals surface area contributed by atoms with Gasteiger partial charge in [0.2, 0.25) is 0 Å². The van der Waals surface area contributed by atoms with Crippen LogP contribution < -0.4 is 5.73 Å². The molecule has 0 aromatic rings. The molecule has 0 aliphatic carbocycles. The molecular weight excluding hydrogens is 214 g/mol. The molecule has 1 saturated heterocycles. The van der Waals surface area contributed by atoms with Crippen molar-refractivity contribution in [3.63, 3.8) is 0 Å². The number of nitriles is 1. The number of rotatable bonds is 2. The monoisotopic (exact) mass is 227 g/mol. The van der Waals surface area contributed by atoms with Crippen molar-refractivity contribution in [1.29, 1.82) is 5.26 Å². The maximum Gasteiger partial charge on any atom is 0.116 e. The third-order valence-corrected chi connectivity index (χ3v) is 3.35. The van der Waals surface area contributed by atoms with E-state index in [2.05, 4.69) is 11.0 Å². The molecule has 1 rings (SSSR count). The third kappa shape index (κ3) is 2.63. The largest absolute Gasteiger partial charge is 0.389 e. The predicted octanol–water partition coefficient (Wildman–Crippen LogP) is 1.12. The minimum atomic E-state index is 0.197. The van der Waals surface area contributed by atoms with Gasteiger partial charge in [0.15, 0.2) is 0 Å². The number of hydrogen-bond acceptors (Lipinski definition) is 4. The topological polar surface area (TPSA) is 53.1 Å². The van der Waals surface area contributed by atoms with Gasteiger partial charge in [-0.3, -0.25) is 0 Å². The van der Waals surface area contributed by atoms with E-state index in [0.717, 1.165) is 30.3 Å². The molecule has 0 aromatic heterocycles. The Morgan fingerprint density at radius 3 is 2.50 bits per heavy atom. The molecule has 1 heterocycles. The van der Waals surface area contributed by atoms with Crippen molar-refractivity contribution < 1.29 is 0 Å². The Kier molecular flexibility index (Phi) is 4.23. The number of nitrogens with two attached hydrogens (primary N) is 1. The summed E-state index contributed by atoms with van der Waals surface area (Å²) in [6.45, 7) is 3.86. The van der Waals surface area contributed by atoms with E-state index >= 15 is 0 Å². The summed E-state index contributed by atoms with van der Waals surface area (Å²) in [4.78, 5) is 2.37. The van der Waals surface area contributed by atoms with Gasteiger partial charge in [-0.2, -0.15) is 17.0 Å². The van der Waals surface area contributed by atoms with E-state index in [1.54, 1.807) is 0 Å². The normalized spacial score (nSPS) is 18.4. The first kappa shape index (κ1) is 11.3. The summed E-state index contributed by atoms with van der Waals surface area (Å²) < 4.78 is 0. The predicted molar refractivity (Wildman–Crippen MR) is 64.0 cm³/mol. The number of thiocarbonyl (C=S) groups is 1. The van der Waals surface area contributed by atoms with Gasteiger partial charge in [0.25, 0.3) is 0 Å². The molecule has 76 valence electrons. The van der Waals surface area contributed by atoms with Crippen LogP contribution in [0.4, 0.5) is 0 Å². The van der Waals surface area contributed by atoms with E-state index < -0.39 is 0 Å². The van der Waals surface area contributed by atoms with Crippen molar-refractivity contribution in [3.05, 3.63) is 11.3 Å². The molecule has 3 nitrogen and oxygen atoms in total. The van der Waals surface area contributed by atoms with Gasteiger partial charge in [-0.1, -0.05) is 12.2 Å². The summed E-state index contributed by atoms with van der Waals surface area (Å²) in [6.07, 6.45) is 0. The molecule has 1 fully saturated rings. The number of thioether (sulfide) groups is 1. The lowest BCUT2D eigenvalue weighted by Crippen LogP contribution is -2.33. The van der Waals surface area contributed by atoms with Crippen molar-refractivity contribution in [2.24, 2.45) is 5.73 Å². The fraction of sp³-hybridized carbons (Fsp3) is 0.556. The van der Waals surface area contributed by atoms with Crippen molar-refractivity contribution in [2.75, 3.05) is 24.6 Å². The van der Waals surface area contributed by atoms with E-state index in [1.807, 2.05) is 18.7 Å². The first-order chi connectivity index (χ1) is 6.66. The van der Waals surface area contributed by atoms with Crippen LogP contribution in [0, 0.1) is 11.3 Å². The molecule has 0 spiro atoms. The molecule has 0 amide bonds. The SMILES string of the molecule is CC(=C(C#N)C(N)=S)N1CCSCC1. The number of hydrogen-bond donors (Lipinski definition) is 1. The molecule has 0 atom stereocenters. The van der Waals surface area contributed by atoms with Crippen LogP contribution in [0.1, 0.15) is 6.92 Å². The third-order valence-electron chi connectivity index (χ3n) is 2.21. The highest BCUT2D eigenvalue weighted by atomic mass is 32.2. The van der Waals surface area contributed by atoms with Crippen LogP contribution in [0.5, 0.6) is 0 Å². The average molecular weight is 227 g/mol. The van der Waals surface area contributed by atoms with E-state index in [1.165, 1.54) is 0 Å². The first-order valence-corrected chi connectivity index (χ1v) is 5.96. The summed E-state index contributed by atoms with van der Waals surface area (Å²) in [5, 5.41) is 8.89. The Balaban J connectivity index is 2.83. The van der Waals surface area contributed by atoms with Gasteiger partial charge in [-0.15, -0.1) is 0 Å². The fourth-order valence-electron chi connectivity index (χ4n) is 1.37. The zero-order valence-electron chi connectivity index (χ0n) is 8.12. The van der Waals surface area contributed by atoms with Crippen molar-refractivity contribution in [2.45, 2.75) is 6.92 Å². The summed E-state index contributed by atoms with van der Waals surface area (Å²) in [6, 6.07) is 2.06. The second kappa shape index (κ2) is 5.23. The van der Waals surface area contributed by atoms with Crippen LogP contribution >= 0.6 is 24.0 Å². The Morgan fingerprint density at radius 2 is 2.07 bits per heavy atom. The van der Waals surface area contributed by atoms with E-state index in [4.69, 9.17) is 23.2 Å². The van der Waals surface area contributed by atoms with Gasteiger partial charge in [-0.25, -0.2) is 0 Å². The standard InChI is InChI=1S/C9H13N3S2/c1-7(8(6-10)9(11)13)12-2-4-14-5-3-12/h2-5H2,1H3,(H2,11,13). The van der Waals surface area contributed by atoms with Gasteiger partial charge in [0.05, 0.1) is 0 Å². The molecule has 2 N–H and O–H groups in total. The summed E-state index contributed by atoms with van der Waals surface area (Å²) in [5.74, 6) is 2.21. The van der Waals surface area contributed by atoms with Crippen LogP contribution in [-0.2, 0) is 0 Å². The van der Waals surface area contributed by atoms with Crippen LogP contribution in [-0.4, -0.2) is 34.5 Å². The molecule has 0 saturated carbocycles. The smallest absolute Gasteiger partial charge is 0.116 e. The summed E-state index contributed by atoms with van der Waals surface area (Å²) in [7, 11) is 0. The molecule has 0 bridgehead atoms. The number of allylic oxidation sites excluding steroid dienone is 1. The first-order valence-electron chi connectivity index (χ1n) is 4.40. The quantitative estimate of drug-likeness (QED) is 0.435. The molecule has 1 aliphatic heterocycles. The minimum absolute atomic E-state index is 0.197. The van der Waals surface area contributed by atoms with Gasteiger partial charge in [-0.05, 0) is 6.92 Å². The van der Waals surface area contributed by atoms with E-state index in [9.17, 15) is 0 Å². The van der Waals surface area contributed by atoms with E-state index in [-0.39, 0.29) is 4.99 Å². The fourth-order valence-corrected chi connectivity index (χ4v) is 2.47. The molecule has 0 unspecified atom stereocenters. The van der Waals surface area contributed by atoms with Crippen LogP contribution in [0.2, 0.25) is 0 Å². The summed E-state index contributed by atoms with van der Waals surface area (Å²) >= 11 is 6.76. The highest BCUT2D eigenvalue weighted by Gasteiger charge is 2.15. The lowest BCUT2D eigenvalue weighted by atomic mass is 10.2.